The number of quaternary nitrogens is 1. The number of nitrogens with one attached hydrogen (secondary N) is 1. The Morgan fingerprint density at radius 3 is 1.23 bits per heavy atom. The maximum atomic E-state index is 13.0. The number of likely N-dealkylation sites (N-methyl/N-ethyl adjacent to an activating group) is 1. The standard InChI is InChI=1S/C65H105N2O7P/c1-6-8-10-12-14-16-18-20-21-22-23-24-25-26-27-28-29-30-31-32-33-34-35-36-37-38-39-40-41-42-43-44-45-46-48-50-52-54-56-58-64(69)66-62(61-74-75(71,72)73-60-59-67(3,4)5)65(70)63(68)57-55-53-51-49-47-19-17-15-13-11-9-7-2/h8,10,14-17,20-21,23-24,26-27,29-30,32-33,35-36,38-39,41-42,44-45,48-51,62-63,65,68,70H,6-7,9,11-13,18-19,22,25,28,31,34,37,40,43,46-47,52-61H2,1-5H3,(H-,66,69,71,72)/b10-8-,16-14-,17-15+,21-20-,24-23-,27-26-,30-29-,33-32-,36-35-,39-38-,42-41-,45-44-,50-48-,51-49+. The van der Waals surface area contributed by atoms with Crippen molar-refractivity contribution in [2.24, 2.45) is 0 Å². The number of rotatable bonds is 49. The van der Waals surface area contributed by atoms with Crippen LogP contribution in [0.2, 0.25) is 0 Å². The van der Waals surface area contributed by atoms with E-state index in [-0.39, 0.29) is 25.4 Å². The van der Waals surface area contributed by atoms with Crippen LogP contribution < -0.4 is 10.2 Å². The number of aliphatic hydroxyl groups excluding tert-OH is 2. The number of hydrogen-bond donors (Lipinski definition) is 3. The molecule has 1 amide bonds. The Balaban J connectivity index is 4.34. The summed E-state index contributed by atoms with van der Waals surface area (Å²) in [7, 11) is 1.04. The van der Waals surface area contributed by atoms with Gasteiger partial charge in [0.25, 0.3) is 7.82 Å². The van der Waals surface area contributed by atoms with E-state index in [9.17, 15) is 24.5 Å². The van der Waals surface area contributed by atoms with Crippen LogP contribution in [0.25, 0.3) is 0 Å². The van der Waals surface area contributed by atoms with Gasteiger partial charge in [-0.15, -0.1) is 0 Å². The summed E-state index contributed by atoms with van der Waals surface area (Å²) in [6.45, 7) is 4.19. The Morgan fingerprint density at radius 1 is 0.493 bits per heavy atom. The number of allylic oxidation sites excluding steroid dienone is 28. The first-order chi connectivity index (χ1) is 36.4. The lowest BCUT2D eigenvalue weighted by atomic mass is 10.0. The Kier molecular flexibility index (Phi) is 50.3. The number of phosphoric ester groups is 1. The fourth-order valence-electron chi connectivity index (χ4n) is 7.01. The summed E-state index contributed by atoms with van der Waals surface area (Å²) in [6, 6.07) is -1.13. The predicted molar refractivity (Wildman–Crippen MR) is 321 cm³/mol. The van der Waals surface area contributed by atoms with Gasteiger partial charge in [0.15, 0.2) is 0 Å². The topological polar surface area (TPSA) is 128 Å². The molecule has 0 aromatic rings. The maximum absolute atomic E-state index is 13.0. The Morgan fingerprint density at radius 2 is 0.840 bits per heavy atom. The molecule has 0 aliphatic carbocycles. The summed E-state index contributed by atoms with van der Waals surface area (Å²) in [5, 5.41) is 24.6. The van der Waals surface area contributed by atoms with Gasteiger partial charge < -0.3 is 34.0 Å². The van der Waals surface area contributed by atoms with Gasteiger partial charge in [0.1, 0.15) is 19.3 Å². The molecule has 0 rings (SSSR count). The molecule has 0 radical (unpaired) electrons. The summed E-state index contributed by atoms with van der Waals surface area (Å²) < 4.78 is 23.2. The second kappa shape index (κ2) is 53.2. The number of aliphatic hydroxyl groups is 2. The highest BCUT2D eigenvalue weighted by Gasteiger charge is 2.29. The van der Waals surface area contributed by atoms with Crippen molar-refractivity contribution in [2.75, 3.05) is 40.9 Å². The van der Waals surface area contributed by atoms with Crippen LogP contribution in [0.5, 0.6) is 0 Å². The first-order valence-electron chi connectivity index (χ1n) is 28.6. The lowest BCUT2D eigenvalue weighted by Gasteiger charge is -2.31. The van der Waals surface area contributed by atoms with Crippen LogP contribution in [0.4, 0.5) is 0 Å². The highest BCUT2D eigenvalue weighted by Crippen LogP contribution is 2.38. The fraction of sp³-hybridized carbons (Fsp3) is 0.554. The zero-order chi connectivity index (χ0) is 55.0. The highest BCUT2D eigenvalue weighted by molar-refractivity contribution is 7.45. The average molecular weight is 1060 g/mol. The molecule has 10 heteroatoms. The van der Waals surface area contributed by atoms with E-state index < -0.39 is 32.7 Å². The second-order valence-corrected chi connectivity index (χ2v) is 21.1. The molecule has 0 aliphatic heterocycles. The molecule has 0 heterocycles. The van der Waals surface area contributed by atoms with Crippen LogP contribution in [0.15, 0.2) is 170 Å². The van der Waals surface area contributed by atoms with Crippen molar-refractivity contribution in [3.05, 3.63) is 170 Å². The minimum absolute atomic E-state index is 0.0673. The van der Waals surface area contributed by atoms with E-state index in [1.807, 2.05) is 21.1 Å². The number of amides is 1. The van der Waals surface area contributed by atoms with Crippen LogP contribution in [0.1, 0.15) is 174 Å². The molecule has 422 valence electrons. The maximum Gasteiger partial charge on any atom is 0.268 e. The molecular formula is C65H105N2O7P. The van der Waals surface area contributed by atoms with Crippen molar-refractivity contribution in [1.82, 2.24) is 5.32 Å². The Hall–Kier alpha value is -4.18. The Labute approximate surface area is 458 Å². The average Bonchev–Trinajstić information content (AvgIpc) is 3.37. The van der Waals surface area contributed by atoms with Gasteiger partial charge >= 0.3 is 0 Å². The molecule has 0 bridgehead atoms. The van der Waals surface area contributed by atoms with E-state index in [0.717, 1.165) is 116 Å². The number of carbonyl (C=O) groups is 1. The molecular weight excluding hydrogens is 952 g/mol. The van der Waals surface area contributed by atoms with Gasteiger partial charge in [-0.05, 0) is 141 Å². The molecule has 75 heavy (non-hydrogen) atoms. The highest BCUT2D eigenvalue weighted by atomic mass is 31.2. The van der Waals surface area contributed by atoms with E-state index >= 15 is 0 Å². The van der Waals surface area contributed by atoms with Crippen LogP contribution >= 0.6 is 7.82 Å². The van der Waals surface area contributed by atoms with Gasteiger partial charge in [0.05, 0.1) is 39.9 Å². The second-order valence-electron chi connectivity index (χ2n) is 19.7. The third-order valence-electron chi connectivity index (χ3n) is 11.5. The lowest BCUT2D eigenvalue weighted by Crippen LogP contribution is -2.51. The minimum atomic E-state index is -4.71. The molecule has 4 atom stereocenters. The molecule has 9 nitrogen and oxygen atoms in total. The van der Waals surface area contributed by atoms with E-state index in [1.165, 1.54) is 19.3 Å². The number of carbonyl (C=O) groups excluding carboxylic acids is 1. The zero-order valence-electron chi connectivity index (χ0n) is 47.5. The molecule has 0 spiro atoms. The number of phosphoric acid groups is 1. The Bertz CT molecular complexity index is 1840. The summed E-state index contributed by atoms with van der Waals surface area (Å²) in [5.41, 5.74) is 0. The SMILES string of the molecule is CC/C=C\C/C=C\C/C=C\C/C=C\C/C=C\C/C=C\C/C=C\C/C=C\C/C=C\C/C=C\C/C=C\C/C=C\CCCCC(=O)NC(COP(=O)([O-])OCC[N+](C)(C)C)C(O)C(O)CCC/C=C/CC/C=C/CCCCC. The largest absolute Gasteiger partial charge is 0.756 e. The van der Waals surface area contributed by atoms with Crippen LogP contribution in [0.3, 0.4) is 0 Å². The first kappa shape index (κ1) is 70.8. The molecule has 0 saturated heterocycles. The van der Waals surface area contributed by atoms with Gasteiger partial charge in [-0.1, -0.05) is 197 Å². The third-order valence-corrected chi connectivity index (χ3v) is 12.5. The first-order valence-corrected chi connectivity index (χ1v) is 30.0. The van der Waals surface area contributed by atoms with Crippen molar-refractivity contribution < 1.29 is 38.0 Å². The molecule has 3 N–H and O–H groups in total. The summed E-state index contributed by atoms with van der Waals surface area (Å²) in [6.07, 6.45) is 81.5. The summed E-state index contributed by atoms with van der Waals surface area (Å²) in [5.74, 6) is -0.344. The van der Waals surface area contributed by atoms with Crippen molar-refractivity contribution in [2.45, 2.75) is 193 Å². The minimum Gasteiger partial charge on any atom is -0.756 e. The van der Waals surface area contributed by atoms with E-state index in [1.54, 1.807) is 0 Å². The van der Waals surface area contributed by atoms with Crippen molar-refractivity contribution in [1.29, 1.82) is 0 Å². The number of nitrogens with zero attached hydrogens (tertiary/aromatic N) is 1. The van der Waals surface area contributed by atoms with Crippen molar-refractivity contribution in [3.63, 3.8) is 0 Å². The van der Waals surface area contributed by atoms with Gasteiger partial charge in [0, 0.05) is 6.42 Å². The third kappa shape index (κ3) is 54.4. The van der Waals surface area contributed by atoms with Crippen LogP contribution in [-0.4, -0.2) is 79.8 Å². The van der Waals surface area contributed by atoms with Gasteiger partial charge in [-0.3, -0.25) is 9.36 Å². The molecule has 4 unspecified atom stereocenters. The van der Waals surface area contributed by atoms with Crippen LogP contribution in [0, 0.1) is 0 Å². The fourth-order valence-corrected chi connectivity index (χ4v) is 7.74. The summed E-state index contributed by atoms with van der Waals surface area (Å²) >= 11 is 0. The van der Waals surface area contributed by atoms with Crippen LogP contribution in [-0.2, 0) is 18.4 Å². The van der Waals surface area contributed by atoms with E-state index in [0.29, 0.717) is 23.9 Å². The molecule has 0 saturated carbocycles. The zero-order valence-corrected chi connectivity index (χ0v) is 48.4. The summed E-state index contributed by atoms with van der Waals surface area (Å²) in [4.78, 5) is 25.5. The van der Waals surface area contributed by atoms with Gasteiger partial charge in [-0.25, -0.2) is 0 Å². The molecule has 0 aromatic heterocycles. The van der Waals surface area contributed by atoms with Gasteiger partial charge in [0.2, 0.25) is 5.91 Å². The lowest BCUT2D eigenvalue weighted by molar-refractivity contribution is -0.870. The molecule has 0 aromatic carbocycles. The van der Waals surface area contributed by atoms with Crippen molar-refractivity contribution >= 4 is 13.7 Å². The predicted octanol–water partition coefficient (Wildman–Crippen LogP) is 16.0. The molecule has 0 fully saturated rings. The number of unbranched alkanes of at least 4 members (excludes halogenated alkanes) is 7. The van der Waals surface area contributed by atoms with E-state index in [4.69, 9.17) is 9.05 Å². The monoisotopic (exact) mass is 1060 g/mol. The van der Waals surface area contributed by atoms with Crippen molar-refractivity contribution in [3.8, 4) is 0 Å². The molecule has 0 aliphatic rings. The van der Waals surface area contributed by atoms with Gasteiger partial charge in [-0.2, -0.15) is 0 Å². The quantitative estimate of drug-likeness (QED) is 0.0240. The van der Waals surface area contributed by atoms with E-state index in [2.05, 4.69) is 189 Å². The smallest absolute Gasteiger partial charge is 0.268 e. The number of hydrogen-bond acceptors (Lipinski definition) is 7. The normalized spacial score (nSPS) is 15.6.